The first-order chi connectivity index (χ1) is 8.13. The van der Waals surface area contributed by atoms with Gasteiger partial charge in [-0.05, 0) is 38.7 Å². The normalized spacial score (nSPS) is 25.1. The van der Waals surface area contributed by atoms with Crippen molar-refractivity contribution >= 4 is 5.69 Å². The number of pyridine rings is 1. The van der Waals surface area contributed by atoms with E-state index in [-0.39, 0.29) is 0 Å². The molecule has 2 rings (SSSR count). The van der Waals surface area contributed by atoms with E-state index in [0.29, 0.717) is 12.6 Å². The van der Waals surface area contributed by atoms with Crippen LogP contribution in [-0.2, 0) is 6.54 Å². The van der Waals surface area contributed by atoms with Crippen LogP contribution in [0.5, 0.6) is 0 Å². The van der Waals surface area contributed by atoms with Gasteiger partial charge in [-0.2, -0.15) is 0 Å². The molecule has 1 aromatic rings. The number of aryl methyl sites for hydroxylation is 1. The molecule has 2 N–H and O–H groups in total. The van der Waals surface area contributed by atoms with Crippen molar-refractivity contribution in [3.05, 3.63) is 23.5 Å². The zero-order chi connectivity index (χ0) is 12.4. The van der Waals surface area contributed by atoms with Crippen LogP contribution in [-0.4, -0.2) is 17.6 Å². The average Bonchev–Trinajstić information content (AvgIpc) is 2.33. The summed E-state index contributed by atoms with van der Waals surface area (Å²) in [6.07, 6.45) is 4.53. The molecule has 2 atom stereocenters. The number of nitrogens with zero attached hydrogens (tertiary/aromatic N) is 2. The Bertz CT molecular complexity index is 389. The van der Waals surface area contributed by atoms with Crippen molar-refractivity contribution in [2.75, 3.05) is 11.4 Å². The van der Waals surface area contributed by atoms with E-state index >= 15 is 0 Å². The van der Waals surface area contributed by atoms with Gasteiger partial charge in [-0.1, -0.05) is 6.92 Å². The van der Waals surface area contributed by atoms with E-state index in [2.05, 4.69) is 29.8 Å². The largest absolute Gasteiger partial charge is 0.368 e. The van der Waals surface area contributed by atoms with Crippen molar-refractivity contribution in [3.8, 4) is 0 Å². The number of aromatic nitrogens is 1. The standard InChI is InChI=1S/C14H23N3/c1-10-5-4-6-17(12(10)3)14-7-11(2)16-9-13(14)8-15/h7,9-10,12H,4-6,8,15H2,1-3H3. The Morgan fingerprint density at radius 3 is 2.94 bits per heavy atom. The Labute approximate surface area is 104 Å². The summed E-state index contributed by atoms with van der Waals surface area (Å²) in [5, 5.41) is 0. The zero-order valence-electron chi connectivity index (χ0n) is 11.1. The molecule has 0 bridgehead atoms. The molecule has 1 aliphatic rings. The lowest BCUT2D eigenvalue weighted by molar-refractivity contribution is 0.363. The molecular formula is C14H23N3. The summed E-state index contributed by atoms with van der Waals surface area (Å²) < 4.78 is 0. The third kappa shape index (κ3) is 2.44. The monoisotopic (exact) mass is 233 g/mol. The lowest BCUT2D eigenvalue weighted by Gasteiger charge is -2.40. The highest BCUT2D eigenvalue weighted by Crippen LogP contribution is 2.30. The summed E-state index contributed by atoms with van der Waals surface area (Å²) in [5.41, 5.74) is 9.35. The molecule has 1 aliphatic heterocycles. The Kier molecular flexibility index (Phi) is 3.67. The van der Waals surface area contributed by atoms with Gasteiger partial charge in [0.2, 0.25) is 0 Å². The molecule has 2 unspecified atom stereocenters. The summed E-state index contributed by atoms with van der Waals surface area (Å²) >= 11 is 0. The summed E-state index contributed by atoms with van der Waals surface area (Å²) in [7, 11) is 0. The van der Waals surface area contributed by atoms with Gasteiger partial charge < -0.3 is 10.6 Å². The van der Waals surface area contributed by atoms with Gasteiger partial charge >= 0.3 is 0 Å². The molecule has 0 radical (unpaired) electrons. The van der Waals surface area contributed by atoms with Crippen LogP contribution in [0.15, 0.2) is 12.3 Å². The van der Waals surface area contributed by atoms with Crippen LogP contribution >= 0.6 is 0 Å². The number of hydrogen-bond donors (Lipinski definition) is 1. The minimum Gasteiger partial charge on any atom is -0.368 e. The summed E-state index contributed by atoms with van der Waals surface area (Å²) in [5.74, 6) is 0.753. The molecular weight excluding hydrogens is 210 g/mol. The van der Waals surface area contributed by atoms with Crippen molar-refractivity contribution in [2.24, 2.45) is 11.7 Å². The molecule has 3 heteroatoms. The predicted octanol–water partition coefficient (Wildman–Crippen LogP) is 2.47. The maximum Gasteiger partial charge on any atom is 0.0447 e. The van der Waals surface area contributed by atoms with Crippen LogP contribution < -0.4 is 10.6 Å². The Balaban J connectivity index is 2.34. The summed E-state index contributed by atoms with van der Waals surface area (Å²) in [4.78, 5) is 6.85. The maximum atomic E-state index is 5.82. The van der Waals surface area contributed by atoms with E-state index in [1.807, 2.05) is 13.1 Å². The SMILES string of the molecule is Cc1cc(N2CCCC(C)C2C)c(CN)cn1. The molecule has 0 spiro atoms. The van der Waals surface area contributed by atoms with Gasteiger partial charge in [0.1, 0.15) is 0 Å². The van der Waals surface area contributed by atoms with Gasteiger partial charge in [0.05, 0.1) is 0 Å². The fourth-order valence-corrected chi connectivity index (χ4v) is 2.67. The number of hydrogen-bond acceptors (Lipinski definition) is 3. The molecule has 94 valence electrons. The van der Waals surface area contributed by atoms with Crippen LogP contribution in [0.25, 0.3) is 0 Å². The first-order valence-electron chi connectivity index (χ1n) is 6.55. The fourth-order valence-electron chi connectivity index (χ4n) is 2.67. The van der Waals surface area contributed by atoms with Crippen LogP contribution in [0.4, 0.5) is 5.69 Å². The van der Waals surface area contributed by atoms with Crippen LogP contribution in [0.3, 0.4) is 0 Å². The minimum atomic E-state index is 0.570. The van der Waals surface area contributed by atoms with E-state index < -0.39 is 0 Å². The highest BCUT2D eigenvalue weighted by molar-refractivity contribution is 5.54. The highest BCUT2D eigenvalue weighted by atomic mass is 15.2. The number of nitrogens with two attached hydrogens (primary N) is 1. The third-order valence-corrected chi connectivity index (χ3v) is 4.00. The van der Waals surface area contributed by atoms with Crippen LogP contribution in [0.2, 0.25) is 0 Å². The summed E-state index contributed by atoms with van der Waals surface area (Å²) in [6, 6.07) is 2.77. The zero-order valence-corrected chi connectivity index (χ0v) is 11.1. The van der Waals surface area contributed by atoms with Gasteiger partial charge in [-0.3, -0.25) is 4.98 Å². The molecule has 2 heterocycles. The van der Waals surface area contributed by atoms with Crippen molar-refractivity contribution in [2.45, 2.75) is 46.2 Å². The lowest BCUT2D eigenvalue weighted by atomic mass is 9.91. The van der Waals surface area contributed by atoms with E-state index in [4.69, 9.17) is 5.73 Å². The molecule has 1 aromatic heterocycles. The van der Waals surface area contributed by atoms with Gasteiger partial charge in [-0.15, -0.1) is 0 Å². The second kappa shape index (κ2) is 5.05. The van der Waals surface area contributed by atoms with Gasteiger partial charge in [-0.25, -0.2) is 0 Å². The fraction of sp³-hybridized carbons (Fsp3) is 0.643. The topological polar surface area (TPSA) is 42.1 Å². The molecule has 0 aliphatic carbocycles. The number of anilines is 1. The second-order valence-corrected chi connectivity index (χ2v) is 5.21. The van der Waals surface area contributed by atoms with Gasteiger partial charge in [0.25, 0.3) is 0 Å². The molecule has 0 amide bonds. The molecule has 1 fully saturated rings. The smallest absolute Gasteiger partial charge is 0.0447 e. The van der Waals surface area contributed by atoms with Crippen molar-refractivity contribution in [3.63, 3.8) is 0 Å². The minimum absolute atomic E-state index is 0.570. The van der Waals surface area contributed by atoms with Crippen molar-refractivity contribution in [1.29, 1.82) is 0 Å². The molecule has 3 nitrogen and oxygen atoms in total. The first-order valence-corrected chi connectivity index (χ1v) is 6.55. The van der Waals surface area contributed by atoms with Crippen LogP contribution in [0.1, 0.15) is 37.9 Å². The van der Waals surface area contributed by atoms with E-state index in [1.54, 1.807) is 0 Å². The predicted molar refractivity (Wildman–Crippen MR) is 72.1 cm³/mol. The first kappa shape index (κ1) is 12.4. The van der Waals surface area contributed by atoms with E-state index in [0.717, 1.165) is 23.7 Å². The van der Waals surface area contributed by atoms with Crippen molar-refractivity contribution in [1.82, 2.24) is 4.98 Å². The van der Waals surface area contributed by atoms with E-state index in [9.17, 15) is 0 Å². The lowest BCUT2D eigenvalue weighted by Crippen LogP contribution is -2.43. The Morgan fingerprint density at radius 1 is 1.47 bits per heavy atom. The van der Waals surface area contributed by atoms with Gasteiger partial charge in [0.15, 0.2) is 0 Å². The highest BCUT2D eigenvalue weighted by Gasteiger charge is 2.26. The quantitative estimate of drug-likeness (QED) is 0.853. The number of piperidine rings is 1. The molecule has 17 heavy (non-hydrogen) atoms. The number of rotatable bonds is 2. The summed E-state index contributed by atoms with van der Waals surface area (Å²) in [6.45, 7) is 8.41. The molecule has 0 saturated carbocycles. The Morgan fingerprint density at radius 2 is 2.24 bits per heavy atom. The van der Waals surface area contributed by atoms with E-state index in [1.165, 1.54) is 18.5 Å². The van der Waals surface area contributed by atoms with Gasteiger partial charge in [0, 0.05) is 42.3 Å². The van der Waals surface area contributed by atoms with Crippen LogP contribution in [0, 0.1) is 12.8 Å². The third-order valence-electron chi connectivity index (χ3n) is 4.00. The second-order valence-electron chi connectivity index (χ2n) is 5.21. The average molecular weight is 233 g/mol. The molecule has 1 saturated heterocycles. The Hall–Kier alpha value is -1.09. The van der Waals surface area contributed by atoms with Crippen molar-refractivity contribution < 1.29 is 0 Å². The maximum absolute atomic E-state index is 5.82. The molecule has 0 aromatic carbocycles.